The summed E-state index contributed by atoms with van der Waals surface area (Å²) in [6.07, 6.45) is 0. The number of methoxy groups -OCH3 is 1. The molecule has 2 aliphatic heterocycles. The van der Waals surface area contributed by atoms with Crippen LogP contribution in [0.2, 0.25) is 0 Å². The third kappa shape index (κ3) is 4.97. The number of rotatable bonds is 6. The van der Waals surface area contributed by atoms with Crippen LogP contribution in [0.3, 0.4) is 0 Å². The number of carboxylic acid groups (broad SMARTS) is 1. The molecule has 2 aliphatic carbocycles. The number of hydrogen-bond donors (Lipinski definition) is 1. The number of hydrogen-bond acceptors (Lipinski definition) is 7. The molecule has 0 radical (unpaired) electrons. The third-order valence-electron chi connectivity index (χ3n) is 8.12. The zero-order valence-corrected chi connectivity index (χ0v) is 23.4. The van der Waals surface area contributed by atoms with Crippen molar-refractivity contribution in [3.05, 3.63) is 60.2 Å². The quantitative estimate of drug-likeness (QED) is 0.370. The van der Waals surface area contributed by atoms with Gasteiger partial charge in [-0.1, -0.05) is 0 Å². The molecule has 234 valence electrons. The smallest absolute Gasteiger partial charge is 0.324 e. The molecule has 6 rings (SSSR count). The second-order valence-electron chi connectivity index (χ2n) is 10.4. The standard InChI is InChI=1S/C13H12F3NO4S.C12H10F3NO4S/c1-21-12(18)11-10-9(13(10,15)16)6-17(11)22(19,20)8-4-2-7(14)3-5-8;13-6-1-3-7(4-2-6)21(19,20)16-5-8-9(12(8,14)15)10(16)11(17)18/h2-5,9-11H,6H2,1H3;1-4,8-10H,5H2,(H,17,18)/t9-,10-,11-;8-,9-,10-/m00/s1. The molecule has 2 saturated carbocycles. The number of fused-ring (bicyclic) bond motifs is 2. The average Bonchev–Trinajstić information content (AvgIpc) is 3.43. The molecule has 0 bridgehead atoms. The summed E-state index contributed by atoms with van der Waals surface area (Å²) in [5.74, 6) is -15.4. The van der Waals surface area contributed by atoms with Crippen LogP contribution in [0.4, 0.5) is 26.3 Å². The minimum absolute atomic E-state index is 0.257. The number of piperidine rings is 2. The summed E-state index contributed by atoms with van der Waals surface area (Å²) >= 11 is 0. The number of alkyl halides is 4. The number of carbonyl (C=O) groups is 2. The normalized spacial score (nSPS) is 30.4. The molecule has 6 atom stereocenters. The molecule has 4 fully saturated rings. The Hall–Kier alpha value is -3.22. The Labute approximate surface area is 240 Å². The molecule has 18 heteroatoms. The van der Waals surface area contributed by atoms with Crippen molar-refractivity contribution >= 4 is 32.0 Å². The Bertz CT molecular complexity index is 1670. The maximum absolute atomic E-state index is 13.5. The van der Waals surface area contributed by atoms with Gasteiger partial charge in [0.15, 0.2) is 0 Å². The lowest BCUT2D eigenvalue weighted by Gasteiger charge is -2.26. The molecule has 43 heavy (non-hydrogen) atoms. The first-order chi connectivity index (χ1) is 19.9. The van der Waals surface area contributed by atoms with Crippen molar-refractivity contribution in [3.63, 3.8) is 0 Å². The van der Waals surface area contributed by atoms with Crippen LogP contribution >= 0.6 is 0 Å². The van der Waals surface area contributed by atoms with Gasteiger partial charge in [0.2, 0.25) is 20.0 Å². The fraction of sp³-hybridized carbons (Fsp3) is 0.440. The van der Waals surface area contributed by atoms with Crippen molar-refractivity contribution in [2.45, 2.75) is 33.7 Å². The highest BCUT2D eigenvalue weighted by molar-refractivity contribution is 7.89. The first-order valence-corrected chi connectivity index (χ1v) is 15.4. The van der Waals surface area contributed by atoms with Gasteiger partial charge in [0.25, 0.3) is 11.8 Å². The monoisotopic (exact) mass is 656 g/mol. The van der Waals surface area contributed by atoms with Crippen LogP contribution < -0.4 is 0 Å². The van der Waals surface area contributed by atoms with Crippen LogP contribution in [0, 0.1) is 35.3 Å². The molecule has 2 saturated heterocycles. The number of carbonyl (C=O) groups excluding carboxylic acids is 1. The lowest BCUT2D eigenvalue weighted by atomic mass is 10.2. The van der Waals surface area contributed by atoms with Gasteiger partial charge >= 0.3 is 11.9 Å². The molecular formula is C25H22F6N2O8S2. The van der Waals surface area contributed by atoms with Gasteiger partial charge in [-0.3, -0.25) is 9.59 Å². The van der Waals surface area contributed by atoms with Crippen molar-refractivity contribution < 1.29 is 62.6 Å². The van der Waals surface area contributed by atoms with Gasteiger partial charge < -0.3 is 9.84 Å². The van der Waals surface area contributed by atoms with Crippen LogP contribution in [0.5, 0.6) is 0 Å². The van der Waals surface area contributed by atoms with Crippen LogP contribution in [0.25, 0.3) is 0 Å². The Kier molecular flexibility index (Phi) is 7.38. The van der Waals surface area contributed by atoms with Gasteiger partial charge in [0.1, 0.15) is 23.7 Å². The lowest BCUT2D eigenvalue weighted by Crippen LogP contribution is -2.46. The maximum Gasteiger partial charge on any atom is 0.324 e. The van der Waals surface area contributed by atoms with Gasteiger partial charge in [-0.2, -0.15) is 8.61 Å². The van der Waals surface area contributed by atoms with Crippen molar-refractivity contribution in [3.8, 4) is 0 Å². The average molecular weight is 657 g/mol. The van der Waals surface area contributed by atoms with Gasteiger partial charge in [-0.15, -0.1) is 0 Å². The summed E-state index contributed by atoms with van der Waals surface area (Å²) in [6.45, 7) is -1.01. The number of esters is 1. The van der Waals surface area contributed by atoms with Gasteiger partial charge in [0.05, 0.1) is 28.7 Å². The van der Waals surface area contributed by atoms with E-state index in [1.165, 1.54) is 0 Å². The minimum Gasteiger partial charge on any atom is -0.480 e. The number of nitrogens with zero attached hydrogens (tertiary/aromatic N) is 2. The number of halogens is 6. The summed E-state index contributed by atoms with van der Waals surface area (Å²) in [5.41, 5.74) is 0. The van der Waals surface area contributed by atoms with E-state index in [4.69, 9.17) is 5.11 Å². The molecule has 0 amide bonds. The van der Waals surface area contributed by atoms with E-state index in [1.807, 2.05) is 0 Å². The largest absolute Gasteiger partial charge is 0.480 e. The molecule has 0 spiro atoms. The molecule has 2 heterocycles. The first kappa shape index (κ1) is 31.2. The SMILES string of the molecule is COC(=O)[C@@H]1[C@@H]2[C@H](CN1S(=O)(=O)c1ccc(F)cc1)C2(F)F.O=C(O)[C@@H]1[C@@H]2[C@H](CN1S(=O)(=O)c1ccc(F)cc1)C2(F)F. The van der Waals surface area contributed by atoms with E-state index in [9.17, 15) is 52.8 Å². The summed E-state index contributed by atoms with van der Waals surface area (Å²) < 4.78 is 135. The van der Waals surface area contributed by atoms with Crippen LogP contribution in [0.1, 0.15) is 0 Å². The topological polar surface area (TPSA) is 138 Å². The van der Waals surface area contributed by atoms with Crippen molar-refractivity contribution in [2.24, 2.45) is 23.7 Å². The maximum atomic E-state index is 13.5. The third-order valence-corrected chi connectivity index (χ3v) is 11.8. The van der Waals surface area contributed by atoms with E-state index in [2.05, 4.69) is 4.74 Å². The summed E-state index contributed by atoms with van der Waals surface area (Å²) in [7, 11) is -7.42. The van der Waals surface area contributed by atoms with Crippen LogP contribution in [-0.2, 0) is 34.4 Å². The highest BCUT2D eigenvalue weighted by atomic mass is 32.2. The van der Waals surface area contributed by atoms with E-state index in [0.717, 1.165) is 59.9 Å². The Morgan fingerprint density at radius 2 is 1.09 bits per heavy atom. The van der Waals surface area contributed by atoms with E-state index >= 15 is 0 Å². The number of carboxylic acids is 1. The zero-order chi connectivity index (χ0) is 31.9. The molecule has 0 aromatic heterocycles. The van der Waals surface area contributed by atoms with Crippen molar-refractivity contribution in [1.82, 2.24) is 8.61 Å². The molecule has 10 nitrogen and oxygen atoms in total. The second kappa shape index (κ2) is 10.2. The van der Waals surface area contributed by atoms with Crippen molar-refractivity contribution in [1.29, 1.82) is 0 Å². The second-order valence-corrected chi connectivity index (χ2v) is 14.2. The lowest BCUT2D eigenvalue weighted by molar-refractivity contribution is -0.146. The van der Waals surface area contributed by atoms with Crippen molar-refractivity contribution in [2.75, 3.05) is 20.2 Å². The molecule has 4 aliphatic rings. The predicted molar refractivity (Wildman–Crippen MR) is 132 cm³/mol. The molecular weight excluding hydrogens is 634 g/mol. The summed E-state index contributed by atoms with van der Waals surface area (Å²) in [6, 6.07) is 4.39. The van der Waals surface area contributed by atoms with E-state index in [1.54, 1.807) is 0 Å². The van der Waals surface area contributed by atoms with Crippen LogP contribution in [-0.4, -0.2) is 86.6 Å². The Balaban J connectivity index is 0.000000171. The highest BCUT2D eigenvalue weighted by Gasteiger charge is 2.79. The van der Waals surface area contributed by atoms with E-state index < -0.39 is 104 Å². The van der Waals surface area contributed by atoms with E-state index in [0.29, 0.717) is 4.31 Å². The Morgan fingerprint density at radius 3 is 1.44 bits per heavy atom. The zero-order valence-electron chi connectivity index (χ0n) is 21.8. The molecule has 2 aromatic carbocycles. The summed E-state index contributed by atoms with van der Waals surface area (Å²) in [4.78, 5) is 22.4. The molecule has 0 unspecified atom stereocenters. The Morgan fingerprint density at radius 1 is 0.744 bits per heavy atom. The van der Waals surface area contributed by atoms with Gasteiger partial charge in [-0.05, 0) is 48.5 Å². The van der Waals surface area contributed by atoms with Gasteiger partial charge in [-0.25, -0.2) is 43.2 Å². The minimum atomic E-state index is -4.25. The first-order valence-electron chi connectivity index (χ1n) is 12.5. The number of benzene rings is 2. The number of aliphatic carboxylic acids is 1. The van der Waals surface area contributed by atoms with E-state index in [-0.39, 0.29) is 9.79 Å². The number of ether oxygens (including phenoxy) is 1. The molecule has 2 aromatic rings. The fourth-order valence-electron chi connectivity index (χ4n) is 5.78. The predicted octanol–water partition coefficient (Wildman–Crippen LogP) is 2.42. The fourth-order valence-corrected chi connectivity index (χ4v) is 9.03. The van der Waals surface area contributed by atoms with Gasteiger partial charge in [0, 0.05) is 24.9 Å². The molecule has 1 N–H and O–H groups in total. The van der Waals surface area contributed by atoms with Crippen LogP contribution in [0.15, 0.2) is 58.3 Å². The number of sulfonamides is 2. The summed E-state index contributed by atoms with van der Waals surface area (Å²) in [5, 5.41) is 9.07. The highest BCUT2D eigenvalue weighted by Crippen LogP contribution is 2.64.